The molecule has 0 aliphatic heterocycles. The van der Waals surface area contributed by atoms with Gasteiger partial charge in [-0.15, -0.1) is 0 Å². The number of halogens is 1. The Morgan fingerprint density at radius 3 is 2.24 bits per heavy atom. The van der Waals surface area contributed by atoms with Crippen molar-refractivity contribution >= 4 is 5.57 Å². The molecule has 0 saturated carbocycles. The molecule has 130 valence electrons. The highest BCUT2D eigenvalue weighted by molar-refractivity contribution is 5.76. The van der Waals surface area contributed by atoms with Gasteiger partial charge in [-0.05, 0) is 41.5 Å². The van der Waals surface area contributed by atoms with Gasteiger partial charge in [-0.2, -0.15) is 0 Å². The number of rotatable bonds is 6. The molecule has 0 nitrogen and oxygen atoms in total. The normalized spacial score (nSPS) is 19.7. The fourth-order valence-electron chi connectivity index (χ4n) is 3.47. The highest BCUT2D eigenvalue weighted by Crippen LogP contribution is 2.45. The Bertz CT molecular complexity index is 750. The molecule has 1 heteroatoms. The maximum absolute atomic E-state index is 16.1. The Labute approximate surface area is 151 Å². The highest BCUT2D eigenvalue weighted by Gasteiger charge is 2.37. The first-order valence-electron chi connectivity index (χ1n) is 9.42. The second-order valence-corrected chi connectivity index (χ2v) is 6.86. The summed E-state index contributed by atoms with van der Waals surface area (Å²) in [5, 5.41) is 0. The largest absolute Gasteiger partial charge is 0.233 e. The SMILES string of the molecule is CCCCc1ccc(C2=CC=CCC2(F)c2ccc(CC)cc2)cc1. The highest BCUT2D eigenvalue weighted by atomic mass is 19.1. The minimum atomic E-state index is -1.45. The lowest BCUT2D eigenvalue weighted by Gasteiger charge is -2.30. The van der Waals surface area contributed by atoms with E-state index in [0.29, 0.717) is 6.42 Å². The van der Waals surface area contributed by atoms with Gasteiger partial charge in [0.1, 0.15) is 0 Å². The van der Waals surface area contributed by atoms with Crippen LogP contribution in [0.4, 0.5) is 4.39 Å². The van der Waals surface area contributed by atoms with E-state index < -0.39 is 5.67 Å². The molecule has 0 amide bonds. The molecule has 0 radical (unpaired) electrons. The number of hydrogen-bond donors (Lipinski definition) is 0. The van der Waals surface area contributed by atoms with Gasteiger partial charge < -0.3 is 0 Å². The monoisotopic (exact) mass is 334 g/mol. The van der Waals surface area contributed by atoms with Crippen molar-refractivity contribution in [3.05, 3.63) is 89.0 Å². The van der Waals surface area contributed by atoms with Gasteiger partial charge in [-0.25, -0.2) is 4.39 Å². The maximum Gasteiger partial charge on any atom is 0.165 e. The van der Waals surface area contributed by atoms with Gasteiger partial charge in [-0.1, -0.05) is 87.0 Å². The Morgan fingerprint density at radius 1 is 0.920 bits per heavy atom. The van der Waals surface area contributed by atoms with Crippen molar-refractivity contribution in [2.45, 2.75) is 51.6 Å². The van der Waals surface area contributed by atoms with E-state index in [-0.39, 0.29) is 0 Å². The van der Waals surface area contributed by atoms with Crippen LogP contribution in [-0.2, 0) is 18.5 Å². The number of unbranched alkanes of at least 4 members (excludes halogenated alkanes) is 1. The Balaban J connectivity index is 1.91. The van der Waals surface area contributed by atoms with Crippen molar-refractivity contribution in [2.24, 2.45) is 0 Å². The molecule has 1 aliphatic rings. The number of hydrogen-bond acceptors (Lipinski definition) is 0. The van der Waals surface area contributed by atoms with Crippen LogP contribution in [0.2, 0.25) is 0 Å². The standard InChI is InChI=1S/C24H27F/c1-3-5-8-20-10-14-21(15-11-20)23-9-6-7-18-24(23,25)22-16-12-19(4-2)13-17-22/h6-7,9-17H,3-5,8,18H2,1-2H3. The molecule has 1 aliphatic carbocycles. The third-order valence-electron chi connectivity index (χ3n) is 5.13. The quantitative estimate of drug-likeness (QED) is 0.545. The van der Waals surface area contributed by atoms with Crippen LogP contribution < -0.4 is 0 Å². The van der Waals surface area contributed by atoms with Crippen molar-refractivity contribution in [2.75, 3.05) is 0 Å². The van der Waals surface area contributed by atoms with E-state index in [1.165, 1.54) is 24.0 Å². The molecule has 2 aromatic carbocycles. The van der Waals surface area contributed by atoms with Gasteiger partial charge in [0.05, 0.1) is 0 Å². The smallest absolute Gasteiger partial charge is 0.165 e. The van der Waals surface area contributed by atoms with Crippen LogP contribution in [0, 0.1) is 0 Å². The zero-order valence-corrected chi connectivity index (χ0v) is 15.3. The zero-order valence-electron chi connectivity index (χ0n) is 15.3. The summed E-state index contributed by atoms with van der Waals surface area (Å²) in [6, 6.07) is 16.4. The summed E-state index contributed by atoms with van der Waals surface area (Å²) in [4.78, 5) is 0. The van der Waals surface area contributed by atoms with Crippen LogP contribution in [0.15, 0.2) is 66.8 Å². The molecular formula is C24H27F. The fraction of sp³-hybridized carbons (Fsp3) is 0.333. The Hall–Kier alpha value is -2.15. The predicted molar refractivity (Wildman–Crippen MR) is 105 cm³/mol. The lowest BCUT2D eigenvalue weighted by molar-refractivity contribution is 0.249. The first kappa shape index (κ1) is 17.7. The molecule has 0 bridgehead atoms. The van der Waals surface area contributed by atoms with Crippen molar-refractivity contribution in [3.63, 3.8) is 0 Å². The Morgan fingerprint density at radius 2 is 1.60 bits per heavy atom. The van der Waals surface area contributed by atoms with Crippen LogP contribution in [-0.4, -0.2) is 0 Å². The Kier molecular flexibility index (Phi) is 5.53. The van der Waals surface area contributed by atoms with Gasteiger partial charge in [0.25, 0.3) is 0 Å². The average molecular weight is 334 g/mol. The number of aryl methyl sites for hydroxylation is 2. The second-order valence-electron chi connectivity index (χ2n) is 6.86. The summed E-state index contributed by atoms with van der Waals surface area (Å²) < 4.78 is 16.1. The van der Waals surface area contributed by atoms with Crippen LogP contribution >= 0.6 is 0 Å². The van der Waals surface area contributed by atoms with E-state index in [0.717, 1.165) is 29.5 Å². The van der Waals surface area contributed by atoms with Crippen molar-refractivity contribution in [3.8, 4) is 0 Å². The first-order valence-corrected chi connectivity index (χ1v) is 9.42. The van der Waals surface area contributed by atoms with E-state index in [1.807, 2.05) is 42.5 Å². The van der Waals surface area contributed by atoms with Gasteiger partial charge in [0, 0.05) is 12.0 Å². The molecule has 0 spiro atoms. The minimum Gasteiger partial charge on any atom is -0.233 e. The number of benzene rings is 2. The molecule has 0 saturated heterocycles. The third-order valence-corrected chi connectivity index (χ3v) is 5.13. The van der Waals surface area contributed by atoms with Crippen molar-refractivity contribution < 1.29 is 4.39 Å². The molecule has 0 heterocycles. The first-order chi connectivity index (χ1) is 12.2. The maximum atomic E-state index is 16.1. The van der Waals surface area contributed by atoms with E-state index in [1.54, 1.807) is 0 Å². The van der Waals surface area contributed by atoms with Crippen LogP contribution in [0.5, 0.6) is 0 Å². The summed E-state index contributed by atoms with van der Waals surface area (Å²) in [5.74, 6) is 0. The van der Waals surface area contributed by atoms with Crippen LogP contribution in [0.3, 0.4) is 0 Å². The van der Waals surface area contributed by atoms with Crippen molar-refractivity contribution in [1.29, 1.82) is 0 Å². The summed E-state index contributed by atoms with van der Waals surface area (Å²) in [6.07, 6.45) is 10.7. The van der Waals surface area contributed by atoms with E-state index in [2.05, 4.69) is 38.1 Å². The summed E-state index contributed by atoms with van der Waals surface area (Å²) >= 11 is 0. The zero-order chi connectivity index (χ0) is 17.7. The third kappa shape index (κ3) is 3.76. The summed E-state index contributed by atoms with van der Waals surface area (Å²) in [7, 11) is 0. The van der Waals surface area contributed by atoms with Gasteiger partial charge in [-0.3, -0.25) is 0 Å². The van der Waals surface area contributed by atoms with E-state index >= 15 is 4.39 Å². The lowest BCUT2D eigenvalue weighted by Crippen LogP contribution is -2.23. The lowest BCUT2D eigenvalue weighted by atomic mass is 9.78. The molecule has 25 heavy (non-hydrogen) atoms. The summed E-state index contributed by atoms with van der Waals surface area (Å²) in [5.41, 5.74) is 3.61. The van der Waals surface area contributed by atoms with E-state index in [9.17, 15) is 0 Å². The number of allylic oxidation sites excluding steroid dienone is 4. The minimum absolute atomic E-state index is 0.391. The van der Waals surface area contributed by atoms with Crippen LogP contribution in [0.1, 0.15) is 55.4 Å². The van der Waals surface area contributed by atoms with Crippen molar-refractivity contribution in [1.82, 2.24) is 0 Å². The molecule has 3 rings (SSSR count). The topological polar surface area (TPSA) is 0 Å². The predicted octanol–water partition coefficient (Wildman–Crippen LogP) is 6.80. The molecule has 0 fully saturated rings. The van der Waals surface area contributed by atoms with E-state index in [4.69, 9.17) is 0 Å². The van der Waals surface area contributed by atoms with Gasteiger partial charge >= 0.3 is 0 Å². The van der Waals surface area contributed by atoms with Gasteiger partial charge in [0.15, 0.2) is 5.67 Å². The molecule has 1 unspecified atom stereocenters. The molecule has 0 aromatic heterocycles. The van der Waals surface area contributed by atoms with Crippen LogP contribution in [0.25, 0.3) is 5.57 Å². The molecule has 1 atom stereocenters. The average Bonchev–Trinajstić information content (AvgIpc) is 2.67. The van der Waals surface area contributed by atoms with Gasteiger partial charge in [0.2, 0.25) is 0 Å². The second kappa shape index (κ2) is 7.82. The molecule has 2 aromatic rings. The molecular weight excluding hydrogens is 307 g/mol. The summed E-state index contributed by atoms with van der Waals surface area (Å²) in [6.45, 7) is 4.32. The molecule has 0 N–H and O–H groups in total. The fourth-order valence-corrected chi connectivity index (χ4v) is 3.47. The number of alkyl halides is 1.